The molecule has 3 rings (SSSR count). The first-order valence-electron chi connectivity index (χ1n) is 8.72. The molecule has 25 heavy (non-hydrogen) atoms. The van der Waals surface area contributed by atoms with E-state index in [2.05, 4.69) is 34.3 Å². The summed E-state index contributed by atoms with van der Waals surface area (Å²) in [6, 6.07) is 8.20. The molecule has 2 aliphatic rings. The van der Waals surface area contributed by atoms with Crippen LogP contribution in [0.25, 0.3) is 0 Å². The molecule has 7 heteroatoms. The van der Waals surface area contributed by atoms with Crippen molar-refractivity contribution in [2.45, 2.75) is 13.0 Å². The lowest BCUT2D eigenvalue weighted by atomic mass is 10.1. The second-order valence-corrected chi connectivity index (χ2v) is 6.68. The number of amides is 1. The van der Waals surface area contributed by atoms with E-state index in [4.69, 9.17) is 0 Å². The third kappa shape index (κ3) is 6.42. The monoisotopic (exact) mass is 388 g/mol. The summed E-state index contributed by atoms with van der Waals surface area (Å²) in [5.41, 5.74) is 2.08. The lowest BCUT2D eigenvalue weighted by Crippen LogP contribution is -2.43. The zero-order chi connectivity index (χ0) is 16.1. The third-order valence-electron chi connectivity index (χ3n) is 4.80. The van der Waals surface area contributed by atoms with E-state index in [1.165, 1.54) is 5.56 Å². The number of rotatable bonds is 3. The van der Waals surface area contributed by atoms with Gasteiger partial charge in [-0.05, 0) is 37.7 Å². The highest BCUT2D eigenvalue weighted by atomic mass is 35.5. The number of halogens is 2. The number of hydrogen-bond acceptors (Lipinski definition) is 4. The highest BCUT2D eigenvalue weighted by Crippen LogP contribution is 2.13. The quantitative estimate of drug-likeness (QED) is 0.855. The minimum absolute atomic E-state index is 0. The summed E-state index contributed by atoms with van der Waals surface area (Å²) in [6.07, 6.45) is 1.03. The van der Waals surface area contributed by atoms with Crippen LogP contribution in [0.15, 0.2) is 24.3 Å². The number of nitrogens with zero attached hydrogens (tertiary/aromatic N) is 3. The van der Waals surface area contributed by atoms with Gasteiger partial charge in [0.05, 0.1) is 0 Å². The maximum absolute atomic E-state index is 12.7. The van der Waals surface area contributed by atoms with Gasteiger partial charge in [0.25, 0.3) is 5.91 Å². The van der Waals surface area contributed by atoms with E-state index < -0.39 is 0 Å². The average Bonchev–Trinajstić information content (AvgIpc) is 2.86. The van der Waals surface area contributed by atoms with Gasteiger partial charge in [-0.25, -0.2) is 0 Å². The summed E-state index contributed by atoms with van der Waals surface area (Å²) in [5, 5.41) is 3.35. The van der Waals surface area contributed by atoms with Gasteiger partial charge in [-0.2, -0.15) is 0 Å². The van der Waals surface area contributed by atoms with Gasteiger partial charge in [0, 0.05) is 57.9 Å². The Hall–Kier alpha value is -0.850. The molecular weight excluding hydrogens is 359 g/mol. The second kappa shape index (κ2) is 11.0. The van der Waals surface area contributed by atoms with Crippen molar-refractivity contribution in [3.05, 3.63) is 35.4 Å². The van der Waals surface area contributed by atoms with E-state index in [0.717, 1.165) is 70.9 Å². The molecule has 0 spiro atoms. The molecule has 1 N–H and O–H groups in total. The van der Waals surface area contributed by atoms with Crippen LogP contribution in [-0.2, 0) is 6.54 Å². The van der Waals surface area contributed by atoms with Gasteiger partial charge in [-0.3, -0.25) is 9.69 Å². The molecule has 0 unspecified atom stereocenters. The molecule has 1 aromatic rings. The van der Waals surface area contributed by atoms with Crippen molar-refractivity contribution in [2.24, 2.45) is 0 Å². The third-order valence-corrected chi connectivity index (χ3v) is 4.80. The van der Waals surface area contributed by atoms with Gasteiger partial charge in [0.2, 0.25) is 0 Å². The molecule has 2 heterocycles. The Labute approximate surface area is 163 Å². The van der Waals surface area contributed by atoms with Gasteiger partial charge in [0.15, 0.2) is 0 Å². The molecule has 2 aliphatic heterocycles. The van der Waals surface area contributed by atoms with E-state index in [9.17, 15) is 4.79 Å². The Morgan fingerprint density at radius 2 is 1.80 bits per heavy atom. The normalized spacial score (nSPS) is 19.5. The fraction of sp³-hybridized carbons (Fsp3) is 0.611. The summed E-state index contributed by atoms with van der Waals surface area (Å²) < 4.78 is 0. The van der Waals surface area contributed by atoms with Gasteiger partial charge < -0.3 is 15.1 Å². The van der Waals surface area contributed by atoms with Gasteiger partial charge in [-0.1, -0.05) is 12.1 Å². The molecule has 0 bridgehead atoms. The second-order valence-electron chi connectivity index (χ2n) is 6.68. The Bertz CT molecular complexity index is 528. The van der Waals surface area contributed by atoms with E-state index in [-0.39, 0.29) is 30.7 Å². The highest BCUT2D eigenvalue weighted by molar-refractivity contribution is 5.94. The average molecular weight is 389 g/mol. The number of carbonyl (C=O) groups is 1. The number of piperazine rings is 1. The number of nitrogens with one attached hydrogen (secondary N) is 1. The molecular formula is C18H30Cl2N4O. The maximum Gasteiger partial charge on any atom is 0.253 e. The standard InChI is InChI=1S/C18H28N4O.2ClH/c1-20-10-12-21(13-11-20)15-16-4-2-5-17(14-16)18(23)22-8-3-6-19-7-9-22;;/h2,4-5,14,19H,3,6-13,15H2,1H3;2*1H. The van der Waals surface area contributed by atoms with Crippen molar-refractivity contribution < 1.29 is 4.79 Å². The van der Waals surface area contributed by atoms with E-state index in [1.54, 1.807) is 0 Å². The van der Waals surface area contributed by atoms with Crippen LogP contribution in [0.3, 0.4) is 0 Å². The number of hydrogen-bond donors (Lipinski definition) is 1. The lowest BCUT2D eigenvalue weighted by molar-refractivity contribution is 0.0766. The van der Waals surface area contributed by atoms with Gasteiger partial charge >= 0.3 is 0 Å². The molecule has 0 radical (unpaired) electrons. The van der Waals surface area contributed by atoms with Crippen LogP contribution in [0.2, 0.25) is 0 Å². The Balaban J connectivity index is 0.00000156. The molecule has 0 aromatic heterocycles. The van der Waals surface area contributed by atoms with Crippen LogP contribution in [0.5, 0.6) is 0 Å². The molecule has 2 fully saturated rings. The van der Waals surface area contributed by atoms with Crippen LogP contribution in [0.4, 0.5) is 0 Å². The zero-order valence-electron chi connectivity index (χ0n) is 14.9. The molecule has 142 valence electrons. The van der Waals surface area contributed by atoms with Crippen molar-refractivity contribution in [1.29, 1.82) is 0 Å². The van der Waals surface area contributed by atoms with Crippen LogP contribution >= 0.6 is 24.8 Å². The fourth-order valence-electron chi connectivity index (χ4n) is 3.30. The molecule has 0 atom stereocenters. The number of carbonyl (C=O) groups excluding carboxylic acids is 1. The minimum Gasteiger partial charge on any atom is -0.337 e. The largest absolute Gasteiger partial charge is 0.337 e. The molecule has 5 nitrogen and oxygen atoms in total. The van der Waals surface area contributed by atoms with Gasteiger partial charge in [-0.15, -0.1) is 24.8 Å². The molecule has 2 saturated heterocycles. The summed E-state index contributed by atoms with van der Waals surface area (Å²) in [5.74, 6) is 0.175. The van der Waals surface area contributed by atoms with Crippen LogP contribution in [0, 0.1) is 0 Å². The van der Waals surface area contributed by atoms with Crippen LogP contribution < -0.4 is 5.32 Å². The van der Waals surface area contributed by atoms with Crippen molar-refractivity contribution in [1.82, 2.24) is 20.0 Å². The van der Waals surface area contributed by atoms with Crippen molar-refractivity contribution in [3.8, 4) is 0 Å². The van der Waals surface area contributed by atoms with E-state index in [0.29, 0.717) is 0 Å². The minimum atomic E-state index is 0. The molecule has 1 amide bonds. The first kappa shape index (κ1) is 22.2. The molecule has 0 aliphatic carbocycles. The lowest BCUT2D eigenvalue weighted by Gasteiger charge is -2.32. The van der Waals surface area contributed by atoms with Gasteiger partial charge in [0.1, 0.15) is 0 Å². The van der Waals surface area contributed by atoms with Crippen molar-refractivity contribution in [3.63, 3.8) is 0 Å². The summed E-state index contributed by atoms with van der Waals surface area (Å²) in [7, 11) is 2.17. The van der Waals surface area contributed by atoms with Crippen LogP contribution in [0.1, 0.15) is 22.3 Å². The van der Waals surface area contributed by atoms with Crippen molar-refractivity contribution >= 4 is 30.7 Å². The maximum atomic E-state index is 12.7. The highest BCUT2D eigenvalue weighted by Gasteiger charge is 2.18. The smallest absolute Gasteiger partial charge is 0.253 e. The Morgan fingerprint density at radius 1 is 1.04 bits per heavy atom. The Kier molecular flexibility index (Phi) is 9.75. The summed E-state index contributed by atoms with van der Waals surface area (Å²) >= 11 is 0. The van der Waals surface area contributed by atoms with Crippen LogP contribution in [-0.4, -0.2) is 80.0 Å². The zero-order valence-corrected chi connectivity index (χ0v) is 16.6. The first-order chi connectivity index (χ1) is 11.2. The number of likely N-dealkylation sites (N-methyl/N-ethyl adjacent to an activating group) is 1. The summed E-state index contributed by atoms with van der Waals surface area (Å²) in [6.45, 7) is 8.96. The van der Waals surface area contributed by atoms with Crippen molar-refractivity contribution in [2.75, 3.05) is 59.4 Å². The molecule has 1 aromatic carbocycles. The first-order valence-corrected chi connectivity index (χ1v) is 8.72. The van der Waals surface area contributed by atoms with E-state index in [1.807, 2.05) is 17.0 Å². The summed E-state index contributed by atoms with van der Waals surface area (Å²) in [4.78, 5) is 19.5. The Morgan fingerprint density at radius 3 is 2.56 bits per heavy atom. The number of benzene rings is 1. The predicted molar refractivity (Wildman–Crippen MR) is 107 cm³/mol. The topological polar surface area (TPSA) is 38.8 Å². The SMILES string of the molecule is CN1CCN(Cc2cccc(C(=O)N3CCCNCC3)c2)CC1.Cl.Cl. The molecule has 0 saturated carbocycles. The predicted octanol–water partition coefficient (Wildman–Crippen LogP) is 1.71. The van der Waals surface area contributed by atoms with E-state index >= 15 is 0 Å². The fourth-order valence-corrected chi connectivity index (χ4v) is 3.30.